The maximum Gasteiger partial charge on any atom is 0.259 e. The van der Waals surface area contributed by atoms with Gasteiger partial charge < -0.3 is 21.9 Å². The number of hydrogen-bond donors (Lipinski definition) is 0. The fourth-order valence-electron chi connectivity index (χ4n) is 2.76. The van der Waals surface area contributed by atoms with E-state index < -0.39 is 0 Å². The molecule has 0 N–H and O–H groups in total. The molecule has 0 saturated carbocycles. The molecule has 0 unspecified atom stereocenters. The van der Waals surface area contributed by atoms with Crippen LogP contribution in [0.2, 0.25) is 0 Å². The zero-order chi connectivity index (χ0) is 17.7. The van der Waals surface area contributed by atoms with Crippen molar-refractivity contribution < 1.29 is 26.3 Å². The van der Waals surface area contributed by atoms with Crippen LogP contribution < -0.4 is 21.5 Å². The summed E-state index contributed by atoms with van der Waals surface area (Å²) in [4.78, 5) is 14.3. The molecule has 0 radical (unpaired) electrons. The Labute approximate surface area is 162 Å². The Morgan fingerprint density at radius 3 is 2.16 bits per heavy atom. The van der Waals surface area contributed by atoms with Crippen LogP contribution in [0.25, 0.3) is 0 Å². The molecule has 0 aliphatic carbocycles. The summed E-state index contributed by atoms with van der Waals surface area (Å²) in [6.45, 7) is 12.9. The van der Waals surface area contributed by atoms with E-state index in [4.69, 9.17) is 0 Å². The molecule has 0 atom stereocenters. The van der Waals surface area contributed by atoms with E-state index in [1.54, 1.807) is 0 Å². The van der Waals surface area contributed by atoms with E-state index in [9.17, 15) is 4.79 Å². The highest BCUT2D eigenvalue weighted by Crippen LogP contribution is 2.22. The van der Waals surface area contributed by atoms with Gasteiger partial charge in [0.1, 0.15) is 5.56 Å². The van der Waals surface area contributed by atoms with Gasteiger partial charge in [-0.25, -0.2) is 0 Å². The largest absolute Gasteiger partial charge is 1.00 e. The average Bonchev–Trinajstić information content (AvgIpc) is 2.56. The first-order valence-corrected chi connectivity index (χ1v) is 8.73. The predicted octanol–water partition coefficient (Wildman–Crippen LogP) is 0.806. The number of aromatic nitrogens is 1. The van der Waals surface area contributed by atoms with Crippen LogP contribution in [0, 0.1) is 0 Å². The smallest absolute Gasteiger partial charge is 0.259 e. The van der Waals surface area contributed by atoms with Crippen LogP contribution in [-0.4, -0.2) is 23.9 Å². The fourth-order valence-corrected chi connectivity index (χ4v) is 2.76. The number of carbonyl (C=O) groups is 1. The number of hydrogen-bond acceptors (Lipinski definition) is 1. The van der Waals surface area contributed by atoms with Crippen molar-refractivity contribution in [3.8, 4) is 0 Å². The van der Waals surface area contributed by atoms with E-state index in [0.29, 0.717) is 0 Å². The van der Waals surface area contributed by atoms with Crippen LogP contribution in [0.5, 0.6) is 0 Å². The summed E-state index contributed by atoms with van der Waals surface area (Å²) in [6, 6.07) is 12.6. The van der Waals surface area contributed by atoms with Gasteiger partial charge in [0.25, 0.3) is 5.91 Å². The molecule has 4 heteroatoms. The van der Waals surface area contributed by atoms with Gasteiger partial charge in [0.15, 0.2) is 18.9 Å². The van der Waals surface area contributed by atoms with Gasteiger partial charge in [0, 0.05) is 24.7 Å². The van der Waals surface area contributed by atoms with Gasteiger partial charge in [-0.3, -0.25) is 4.79 Å². The SMILES string of the molecule is CCN(CC)C(=O)c1ccc[n+](Cc2ccc(C(C)(C)C)cc2)c1.[Br-]. The molecule has 2 rings (SSSR count). The van der Waals surface area contributed by atoms with Gasteiger partial charge in [-0.2, -0.15) is 4.57 Å². The molecule has 1 aromatic carbocycles. The number of halogens is 1. The Morgan fingerprint density at radius 1 is 1.04 bits per heavy atom. The molecule has 25 heavy (non-hydrogen) atoms. The molecule has 136 valence electrons. The summed E-state index contributed by atoms with van der Waals surface area (Å²) in [6.07, 6.45) is 3.95. The highest BCUT2D eigenvalue weighted by atomic mass is 79.9. The Bertz CT molecular complexity index is 686. The number of rotatable bonds is 5. The zero-order valence-electron chi connectivity index (χ0n) is 15.9. The third kappa shape index (κ3) is 5.67. The van der Waals surface area contributed by atoms with Gasteiger partial charge in [-0.15, -0.1) is 0 Å². The van der Waals surface area contributed by atoms with E-state index in [-0.39, 0.29) is 28.3 Å². The lowest BCUT2D eigenvalue weighted by molar-refractivity contribution is -0.688. The number of nitrogens with zero attached hydrogens (tertiary/aromatic N) is 2. The maximum atomic E-state index is 12.5. The summed E-state index contributed by atoms with van der Waals surface area (Å²) in [5, 5.41) is 0. The van der Waals surface area contributed by atoms with Crippen LogP contribution in [0.15, 0.2) is 48.8 Å². The average molecular weight is 405 g/mol. The monoisotopic (exact) mass is 404 g/mol. The summed E-state index contributed by atoms with van der Waals surface area (Å²) in [5.74, 6) is 0.0948. The summed E-state index contributed by atoms with van der Waals surface area (Å²) < 4.78 is 2.07. The van der Waals surface area contributed by atoms with E-state index in [1.165, 1.54) is 11.1 Å². The minimum absolute atomic E-state index is 0. The second kappa shape index (κ2) is 9.14. The summed E-state index contributed by atoms with van der Waals surface area (Å²) in [7, 11) is 0. The molecule has 0 saturated heterocycles. The molecule has 0 aliphatic heterocycles. The van der Waals surface area contributed by atoms with Crippen LogP contribution in [0.3, 0.4) is 0 Å². The number of carbonyl (C=O) groups excluding carboxylic acids is 1. The van der Waals surface area contributed by atoms with Gasteiger partial charge in [-0.05, 0) is 30.9 Å². The molecule has 0 bridgehead atoms. The molecule has 1 amide bonds. The molecule has 2 aromatic rings. The summed E-state index contributed by atoms with van der Waals surface area (Å²) in [5.41, 5.74) is 3.48. The first kappa shape index (κ1) is 21.4. The van der Waals surface area contributed by atoms with Crippen LogP contribution >= 0.6 is 0 Å². The molecule has 0 spiro atoms. The number of amides is 1. The van der Waals surface area contributed by atoms with E-state index in [1.807, 2.05) is 43.3 Å². The number of pyridine rings is 1. The standard InChI is InChI=1S/C21H29N2O.BrH/c1-6-23(7-2)20(24)18-9-8-14-22(16-18)15-17-10-12-19(13-11-17)21(3,4)5;/h8-14,16H,6-7,15H2,1-5H3;1H/q+1;/p-1. The number of benzene rings is 1. The molecule has 1 aromatic heterocycles. The van der Waals surface area contributed by atoms with Crippen molar-refractivity contribution in [3.63, 3.8) is 0 Å². The molecular weight excluding hydrogens is 376 g/mol. The minimum atomic E-state index is 0. The van der Waals surface area contributed by atoms with E-state index in [2.05, 4.69) is 49.6 Å². The van der Waals surface area contributed by atoms with Crippen molar-refractivity contribution in [1.29, 1.82) is 0 Å². The Hall–Kier alpha value is -1.68. The highest BCUT2D eigenvalue weighted by molar-refractivity contribution is 5.93. The summed E-state index contributed by atoms with van der Waals surface area (Å²) >= 11 is 0. The molecule has 0 fully saturated rings. The third-order valence-corrected chi connectivity index (χ3v) is 4.34. The molecule has 3 nitrogen and oxygen atoms in total. The van der Waals surface area contributed by atoms with Crippen molar-refractivity contribution in [1.82, 2.24) is 4.90 Å². The van der Waals surface area contributed by atoms with Crippen molar-refractivity contribution in [2.75, 3.05) is 13.1 Å². The lowest BCUT2D eigenvalue weighted by Crippen LogP contribution is -3.00. The van der Waals surface area contributed by atoms with Crippen LogP contribution in [-0.2, 0) is 12.0 Å². The van der Waals surface area contributed by atoms with Crippen molar-refractivity contribution in [3.05, 3.63) is 65.5 Å². The third-order valence-electron chi connectivity index (χ3n) is 4.34. The maximum absolute atomic E-state index is 12.5. The Balaban J connectivity index is 0.00000312. The quantitative estimate of drug-likeness (QED) is 0.676. The van der Waals surface area contributed by atoms with Gasteiger partial charge in [0.2, 0.25) is 0 Å². The Morgan fingerprint density at radius 2 is 1.64 bits per heavy atom. The van der Waals surface area contributed by atoms with E-state index in [0.717, 1.165) is 25.2 Å². The van der Waals surface area contributed by atoms with Crippen LogP contribution in [0.1, 0.15) is 56.1 Å². The first-order valence-electron chi connectivity index (χ1n) is 8.73. The van der Waals surface area contributed by atoms with Gasteiger partial charge >= 0.3 is 0 Å². The lowest BCUT2D eigenvalue weighted by Gasteiger charge is -2.19. The second-order valence-electron chi connectivity index (χ2n) is 7.19. The van der Waals surface area contributed by atoms with Gasteiger partial charge in [0.05, 0.1) is 0 Å². The molecule has 1 heterocycles. The molecule has 0 aliphatic rings. The Kier molecular flexibility index (Phi) is 7.81. The lowest BCUT2D eigenvalue weighted by atomic mass is 9.87. The minimum Gasteiger partial charge on any atom is -1.00 e. The van der Waals surface area contributed by atoms with Gasteiger partial charge in [-0.1, -0.05) is 45.0 Å². The first-order chi connectivity index (χ1) is 11.3. The van der Waals surface area contributed by atoms with Crippen LogP contribution in [0.4, 0.5) is 0 Å². The van der Waals surface area contributed by atoms with E-state index >= 15 is 0 Å². The predicted molar refractivity (Wildman–Crippen MR) is 98.1 cm³/mol. The van der Waals surface area contributed by atoms with Crippen molar-refractivity contribution in [2.45, 2.75) is 46.6 Å². The normalized spacial score (nSPS) is 10.9. The van der Waals surface area contributed by atoms with Crippen molar-refractivity contribution in [2.24, 2.45) is 0 Å². The zero-order valence-corrected chi connectivity index (χ0v) is 17.5. The topological polar surface area (TPSA) is 24.2 Å². The fraction of sp³-hybridized carbons (Fsp3) is 0.429. The second-order valence-corrected chi connectivity index (χ2v) is 7.19. The molecular formula is C21H29BrN2O. The van der Waals surface area contributed by atoms with Crippen molar-refractivity contribution >= 4 is 5.91 Å². The highest BCUT2D eigenvalue weighted by Gasteiger charge is 2.16.